The zero-order chi connectivity index (χ0) is 28.9. The summed E-state index contributed by atoms with van der Waals surface area (Å²) in [4.78, 5) is 4.92. The number of aliphatic imine (C=N–C) groups is 1. The Morgan fingerprint density at radius 3 is 1.67 bits per heavy atom. The van der Waals surface area contributed by atoms with Gasteiger partial charge in [0.1, 0.15) is 17.7 Å². The van der Waals surface area contributed by atoms with Crippen LogP contribution >= 0.6 is 12.4 Å². The van der Waals surface area contributed by atoms with Crippen molar-refractivity contribution < 1.29 is 10.2 Å². The van der Waals surface area contributed by atoms with Crippen LogP contribution < -0.4 is 5.73 Å². The highest BCUT2D eigenvalue weighted by Crippen LogP contribution is 2.24. The molecular weight excluding hydrogens is 542 g/mol. The molecule has 2 fully saturated rings. The zero-order valence-electron chi connectivity index (χ0n) is 23.8. The number of halogens is 1. The van der Waals surface area contributed by atoms with Crippen LogP contribution in [0, 0.1) is 11.5 Å². The second-order valence-corrected chi connectivity index (χ2v) is 10.6. The summed E-state index contributed by atoms with van der Waals surface area (Å²) in [6, 6.07) is 30.8. The van der Waals surface area contributed by atoms with Gasteiger partial charge >= 0.3 is 0 Å². The molecular formula is C36H41ClN3O2+. The van der Waals surface area contributed by atoms with Crippen LogP contribution in [0.25, 0.3) is 0 Å². The molecule has 0 aromatic heterocycles. The summed E-state index contributed by atoms with van der Waals surface area (Å²) in [7, 11) is 0. The summed E-state index contributed by atoms with van der Waals surface area (Å²) in [5.74, 6) is 0. The third-order valence-corrected chi connectivity index (χ3v) is 7.30. The number of nitrogens with two attached hydrogens (primary N) is 1. The smallest absolute Gasteiger partial charge is 0.111 e. The van der Waals surface area contributed by atoms with Crippen LogP contribution in [0.2, 0.25) is 0 Å². The summed E-state index contributed by atoms with van der Waals surface area (Å²) in [6.45, 7) is 0. The van der Waals surface area contributed by atoms with E-state index in [0.29, 0.717) is 5.71 Å². The van der Waals surface area contributed by atoms with E-state index in [1.54, 1.807) is 0 Å². The first kappa shape index (κ1) is 32.8. The molecule has 0 amide bonds. The summed E-state index contributed by atoms with van der Waals surface area (Å²) < 4.78 is 0. The summed E-state index contributed by atoms with van der Waals surface area (Å²) in [6.07, 6.45) is 15.4. The lowest BCUT2D eigenvalue weighted by atomic mass is 10.0. The molecule has 4 atom stereocenters. The van der Waals surface area contributed by atoms with Crippen molar-refractivity contribution in [3.05, 3.63) is 144 Å². The van der Waals surface area contributed by atoms with Gasteiger partial charge in [-0.05, 0) is 38.5 Å². The van der Waals surface area contributed by atoms with Gasteiger partial charge in [0, 0.05) is 28.8 Å². The Labute approximate surface area is 256 Å². The largest absolute Gasteiger partial charge is 0.393 e. The first-order valence-corrected chi connectivity index (χ1v) is 14.4. The topological polar surface area (TPSA) is 103 Å². The fraction of sp³-hybridized carbons (Fsp3) is 0.278. The Hall–Kier alpha value is -3.70. The molecule has 0 saturated heterocycles. The molecule has 218 valence electrons. The lowest BCUT2D eigenvalue weighted by molar-refractivity contribution is 0.181. The van der Waals surface area contributed by atoms with Crippen molar-refractivity contribution in [2.45, 2.75) is 62.8 Å². The molecule has 42 heavy (non-hydrogen) atoms. The van der Waals surface area contributed by atoms with Crippen molar-refractivity contribution in [1.82, 2.24) is 0 Å². The molecule has 0 spiro atoms. The first-order valence-electron chi connectivity index (χ1n) is 14.4. The molecule has 6 heteroatoms. The quantitative estimate of drug-likeness (QED) is 0.201. The monoisotopic (exact) mass is 582 g/mol. The van der Waals surface area contributed by atoms with E-state index in [-0.39, 0.29) is 36.7 Å². The number of benzene rings is 3. The predicted octanol–water partition coefficient (Wildman–Crippen LogP) is 6.63. The van der Waals surface area contributed by atoms with Crippen LogP contribution in [0.1, 0.15) is 55.2 Å². The summed E-state index contributed by atoms with van der Waals surface area (Å²) in [5, 5.41) is 26.5. The highest BCUT2D eigenvalue weighted by atomic mass is 35.5. The lowest BCUT2D eigenvalue weighted by Crippen LogP contribution is -2.15. The Bertz CT molecular complexity index is 1300. The molecule has 3 aromatic carbocycles. The number of hydrogen-bond donors (Lipinski definition) is 4. The second kappa shape index (κ2) is 17.3. The van der Waals surface area contributed by atoms with Gasteiger partial charge in [0.15, 0.2) is 0 Å². The fourth-order valence-electron chi connectivity index (χ4n) is 5.06. The molecule has 0 aliphatic heterocycles. The van der Waals surface area contributed by atoms with Crippen molar-refractivity contribution in [3.8, 4) is 0 Å². The molecule has 0 bridgehead atoms. The standard InChI is InChI=1S/C18H19NO.C13H10N.C5H11NO.ClH/c20-17-12-11-16(13-17)19-18(14-7-3-1-4-8-14)15-9-5-2-6-10-15;14-13(11-7-3-1-4-8-11)12-9-5-2-6-10-12;6-4-1-2-5(7)3-4;/h1-10,16-17,20H,11-13H2;1,3-10,14H;4-5,7H,1-3,6H2;1H/q;+1;;/t16-,17+;;4-,5+;/m1.1./s1. The third kappa shape index (κ3) is 10.3. The van der Waals surface area contributed by atoms with Gasteiger partial charge < -0.3 is 15.9 Å². The molecule has 6 rings (SSSR count). The van der Waals surface area contributed by atoms with Gasteiger partial charge in [-0.2, -0.15) is 0 Å². The maximum absolute atomic E-state index is 9.68. The van der Waals surface area contributed by atoms with Crippen molar-refractivity contribution in [2.24, 2.45) is 10.7 Å². The molecule has 0 heterocycles. The highest BCUT2D eigenvalue weighted by molar-refractivity contribution is 6.13. The van der Waals surface area contributed by atoms with Gasteiger partial charge in [-0.15, -0.1) is 12.4 Å². The summed E-state index contributed by atoms with van der Waals surface area (Å²) >= 11 is 0. The van der Waals surface area contributed by atoms with Gasteiger partial charge in [-0.3, -0.25) is 10.4 Å². The molecule has 0 radical (unpaired) electrons. The molecule has 3 aliphatic rings. The highest BCUT2D eigenvalue weighted by Gasteiger charge is 2.23. The molecule has 3 aliphatic carbocycles. The second-order valence-electron chi connectivity index (χ2n) is 10.6. The number of aliphatic hydroxyl groups excluding tert-OH is 2. The number of aliphatic hydroxyl groups is 2. The van der Waals surface area contributed by atoms with E-state index in [4.69, 9.17) is 21.2 Å². The maximum Gasteiger partial charge on any atom is 0.111 e. The average molecular weight is 583 g/mol. The van der Waals surface area contributed by atoms with Crippen LogP contribution in [-0.2, 0) is 0 Å². The molecule has 5 nitrogen and oxygen atoms in total. The van der Waals surface area contributed by atoms with E-state index in [2.05, 4.69) is 30.3 Å². The van der Waals surface area contributed by atoms with Crippen molar-refractivity contribution in [1.29, 1.82) is 5.41 Å². The minimum absolute atomic E-state index is 0. The lowest BCUT2D eigenvalue weighted by Gasteiger charge is -2.11. The normalized spacial score (nSPS) is 21.7. The van der Waals surface area contributed by atoms with Gasteiger partial charge in [-0.1, -0.05) is 91.0 Å². The fourth-order valence-corrected chi connectivity index (χ4v) is 5.06. The van der Waals surface area contributed by atoms with E-state index < -0.39 is 0 Å². The van der Waals surface area contributed by atoms with Gasteiger partial charge in [-0.25, -0.2) is 0 Å². The van der Waals surface area contributed by atoms with Gasteiger partial charge in [0.05, 0.1) is 41.8 Å². The number of hydrogen-bond acceptors (Lipinski definition) is 5. The van der Waals surface area contributed by atoms with Crippen LogP contribution in [0.5, 0.6) is 0 Å². The van der Waals surface area contributed by atoms with Gasteiger partial charge in [0.25, 0.3) is 0 Å². The van der Waals surface area contributed by atoms with E-state index in [1.807, 2.05) is 91.0 Å². The third-order valence-electron chi connectivity index (χ3n) is 7.30. The van der Waals surface area contributed by atoms with Gasteiger partial charge in [0.2, 0.25) is 0 Å². The molecule has 3 aromatic rings. The SMILES string of the molecule is Cl.N=C(C1=CC=[C+]C=C1)c1ccccc1.N[C@@H]1CC[C@H](O)C1.O[C@H]1CC[C@@H](N=C(c2ccccc2)c2ccccc2)C1. The van der Waals surface area contributed by atoms with Crippen LogP contribution in [-0.4, -0.2) is 45.9 Å². The molecule has 5 N–H and O–H groups in total. The van der Waals surface area contributed by atoms with E-state index in [9.17, 15) is 5.11 Å². The van der Waals surface area contributed by atoms with Crippen molar-refractivity contribution >= 4 is 23.8 Å². The number of rotatable bonds is 5. The minimum Gasteiger partial charge on any atom is -0.393 e. The van der Waals surface area contributed by atoms with Crippen LogP contribution in [0.3, 0.4) is 0 Å². The average Bonchev–Trinajstić information content (AvgIpc) is 3.63. The van der Waals surface area contributed by atoms with Crippen LogP contribution in [0.4, 0.5) is 0 Å². The maximum atomic E-state index is 9.68. The minimum atomic E-state index is -0.184. The Morgan fingerprint density at radius 2 is 1.26 bits per heavy atom. The number of nitrogens with zero attached hydrogens (tertiary/aromatic N) is 1. The molecule has 0 unspecified atom stereocenters. The first-order chi connectivity index (χ1) is 20.0. The summed E-state index contributed by atoms with van der Waals surface area (Å²) in [5.41, 5.74) is 11.2. The number of allylic oxidation sites excluding steroid dienone is 6. The van der Waals surface area contributed by atoms with Crippen molar-refractivity contribution in [2.75, 3.05) is 0 Å². The molecule has 2 saturated carbocycles. The predicted molar refractivity (Wildman–Crippen MR) is 176 cm³/mol. The van der Waals surface area contributed by atoms with E-state index in [1.165, 1.54) is 0 Å². The Balaban J connectivity index is 0.000000191. The van der Waals surface area contributed by atoms with Crippen molar-refractivity contribution in [3.63, 3.8) is 0 Å². The Morgan fingerprint density at radius 1 is 0.738 bits per heavy atom. The Kier molecular flexibility index (Phi) is 13.5. The zero-order valence-corrected chi connectivity index (χ0v) is 24.7. The van der Waals surface area contributed by atoms with Crippen LogP contribution in [0.15, 0.2) is 126 Å². The number of nitrogens with one attached hydrogen (secondary N) is 1. The van der Waals surface area contributed by atoms with E-state index in [0.717, 1.165) is 66.5 Å². The van der Waals surface area contributed by atoms with E-state index >= 15 is 0 Å².